The largest absolute Gasteiger partial charge is 0.497 e. The number of ether oxygens (including phenoxy) is 1. The maximum atomic E-state index is 12.2. The van der Waals surface area contributed by atoms with Gasteiger partial charge in [-0.25, -0.2) is 0 Å². The van der Waals surface area contributed by atoms with Crippen molar-refractivity contribution in [3.63, 3.8) is 0 Å². The van der Waals surface area contributed by atoms with E-state index < -0.39 is 6.10 Å². The fourth-order valence-corrected chi connectivity index (χ4v) is 3.25. The highest BCUT2D eigenvalue weighted by atomic mass is 35.5. The molecule has 128 valence electrons. The number of thioether (sulfide) groups is 1. The van der Waals surface area contributed by atoms with Crippen LogP contribution in [-0.4, -0.2) is 29.9 Å². The maximum Gasteiger partial charge on any atom is 0.233 e. The molecule has 4 nitrogen and oxygen atoms in total. The lowest BCUT2D eigenvalue weighted by Gasteiger charge is -2.16. The molecule has 2 aromatic rings. The van der Waals surface area contributed by atoms with E-state index in [9.17, 15) is 9.90 Å². The molecule has 0 radical (unpaired) electrons. The van der Waals surface area contributed by atoms with E-state index in [1.54, 1.807) is 37.4 Å². The predicted octanol–water partition coefficient (Wildman–Crippen LogP) is 3.68. The van der Waals surface area contributed by atoms with Gasteiger partial charge in [0, 0.05) is 11.4 Å². The third kappa shape index (κ3) is 5.16. The smallest absolute Gasteiger partial charge is 0.233 e. The highest BCUT2D eigenvalue weighted by molar-refractivity contribution is 8.00. The molecule has 0 aromatic heterocycles. The molecule has 0 saturated heterocycles. The van der Waals surface area contributed by atoms with Crippen LogP contribution in [-0.2, 0) is 4.79 Å². The highest BCUT2D eigenvalue weighted by Crippen LogP contribution is 2.30. The summed E-state index contributed by atoms with van der Waals surface area (Å²) in [5.41, 5.74) is 0.725. The number of amides is 1. The summed E-state index contributed by atoms with van der Waals surface area (Å²) in [6, 6.07) is 14.5. The van der Waals surface area contributed by atoms with E-state index in [2.05, 4.69) is 5.32 Å². The molecule has 0 bridgehead atoms. The molecule has 0 spiro atoms. The Bertz CT molecular complexity index is 678. The Labute approximate surface area is 151 Å². The summed E-state index contributed by atoms with van der Waals surface area (Å²) >= 11 is 7.49. The molecular formula is C18H20ClNO3S. The van der Waals surface area contributed by atoms with Gasteiger partial charge in [-0.2, -0.15) is 0 Å². The fraction of sp³-hybridized carbons (Fsp3) is 0.278. The summed E-state index contributed by atoms with van der Waals surface area (Å²) in [4.78, 5) is 13.0. The second kappa shape index (κ2) is 8.97. The topological polar surface area (TPSA) is 58.6 Å². The predicted molar refractivity (Wildman–Crippen MR) is 97.7 cm³/mol. The van der Waals surface area contributed by atoms with Crippen LogP contribution in [0.25, 0.3) is 0 Å². The van der Waals surface area contributed by atoms with E-state index >= 15 is 0 Å². The third-order valence-electron chi connectivity index (χ3n) is 3.48. The molecule has 0 aliphatic heterocycles. The van der Waals surface area contributed by atoms with Crippen molar-refractivity contribution in [2.45, 2.75) is 23.2 Å². The highest BCUT2D eigenvalue weighted by Gasteiger charge is 2.17. The number of rotatable bonds is 7. The monoisotopic (exact) mass is 365 g/mol. The zero-order chi connectivity index (χ0) is 17.5. The molecule has 2 rings (SSSR count). The molecular weight excluding hydrogens is 346 g/mol. The van der Waals surface area contributed by atoms with E-state index in [0.29, 0.717) is 5.02 Å². The average Bonchev–Trinajstić information content (AvgIpc) is 2.61. The van der Waals surface area contributed by atoms with Crippen molar-refractivity contribution in [1.82, 2.24) is 5.32 Å². The maximum absolute atomic E-state index is 12.2. The van der Waals surface area contributed by atoms with Crippen LogP contribution in [0.15, 0.2) is 53.4 Å². The molecule has 2 N–H and O–H groups in total. The zero-order valence-corrected chi connectivity index (χ0v) is 15.1. The standard InChI is InChI=1S/C18H20ClNO3S/c1-12(24-17-6-4-3-5-15(17)19)18(22)20-11-16(21)13-7-9-14(23-2)10-8-13/h3-10,12,16,21H,11H2,1-2H3,(H,20,22). The van der Waals surface area contributed by atoms with Crippen LogP contribution in [0.5, 0.6) is 5.75 Å². The first kappa shape index (κ1) is 18.6. The number of nitrogens with one attached hydrogen (secondary N) is 1. The molecule has 2 unspecified atom stereocenters. The molecule has 0 saturated carbocycles. The van der Waals surface area contributed by atoms with Gasteiger partial charge in [0.1, 0.15) is 5.75 Å². The third-order valence-corrected chi connectivity index (χ3v) is 5.10. The number of carbonyl (C=O) groups excluding carboxylic acids is 1. The Balaban J connectivity index is 1.86. The summed E-state index contributed by atoms with van der Waals surface area (Å²) in [6.45, 7) is 1.96. The number of benzene rings is 2. The summed E-state index contributed by atoms with van der Waals surface area (Å²) in [6.07, 6.45) is -0.766. The molecule has 0 heterocycles. The first-order valence-electron chi connectivity index (χ1n) is 7.52. The van der Waals surface area contributed by atoms with Crippen LogP contribution >= 0.6 is 23.4 Å². The van der Waals surface area contributed by atoms with E-state index in [4.69, 9.17) is 16.3 Å². The Hall–Kier alpha value is -1.69. The Kier molecular flexibility index (Phi) is 6.97. The van der Waals surface area contributed by atoms with Crippen molar-refractivity contribution in [3.05, 3.63) is 59.1 Å². The number of hydrogen-bond donors (Lipinski definition) is 2. The summed E-state index contributed by atoms with van der Waals surface area (Å²) in [5, 5.41) is 13.2. The van der Waals surface area contributed by atoms with Crippen molar-refractivity contribution in [2.75, 3.05) is 13.7 Å². The van der Waals surface area contributed by atoms with Gasteiger partial charge in [0.15, 0.2) is 0 Å². The van der Waals surface area contributed by atoms with E-state index in [1.807, 2.05) is 25.1 Å². The molecule has 0 fully saturated rings. The zero-order valence-electron chi connectivity index (χ0n) is 13.5. The number of carbonyl (C=O) groups is 1. The Morgan fingerprint density at radius 1 is 1.25 bits per heavy atom. The average molecular weight is 366 g/mol. The van der Waals surface area contributed by atoms with E-state index in [0.717, 1.165) is 16.2 Å². The molecule has 6 heteroatoms. The molecule has 2 atom stereocenters. The number of aliphatic hydroxyl groups excluding tert-OH is 1. The fourth-order valence-electron chi connectivity index (χ4n) is 2.07. The first-order valence-corrected chi connectivity index (χ1v) is 8.78. The normalized spacial score (nSPS) is 13.2. The lowest BCUT2D eigenvalue weighted by molar-refractivity contribution is -0.120. The van der Waals surface area contributed by atoms with Crippen molar-refractivity contribution in [3.8, 4) is 5.75 Å². The van der Waals surface area contributed by atoms with Gasteiger partial charge in [-0.3, -0.25) is 4.79 Å². The van der Waals surface area contributed by atoms with Gasteiger partial charge < -0.3 is 15.2 Å². The Morgan fingerprint density at radius 3 is 2.54 bits per heavy atom. The number of hydrogen-bond acceptors (Lipinski definition) is 4. The van der Waals surface area contributed by atoms with Crippen molar-refractivity contribution >= 4 is 29.3 Å². The SMILES string of the molecule is COc1ccc(C(O)CNC(=O)C(C)Sc2ccccc2Cl)cc1. The summed E-state index contributed by atoms with van der Waals surface area (Å²) in [5.74, 6) is 0.576. The van der Waals surface area contributed by atoms with Crippen LogP contribution in [0.3, 0.4) is 0 Å². The van der Waals surface area contributed by atoms with Gasteiger partial charge in [0.05, 0.1) is 23.5 Å². The van der Waals surface area contributed by atoms with Crippen molar-refractivity contribution < 1.29 is 14.6 Å². The molecule has 24 heavy (non-hydrogen) atoms. The molecule has 0 aliphatic rings. The van der Waals surface area contributed by atoms with Crippen LogP contribution in [0.2, 0.25) is 5.02 Å². The molecule has 0 aliphatic carbocycles. The van der Waals surface area contributed by atoms with Crippen LogP contribution in [0.4, 0.5) is 0 Å². The Morgan fingerprint density at radius 2 is 1.92 bits per heavy atom. The van der Waals surface area contributed by atoms with Crippen LogP contribution < -0.4 is 10.1 Å². The minimum absolute atomic E-state index is 0.146. The van der Waals surface area contributed by atoms with Crippen LogP contribution in [0, 0.1) is 0 Å². The second-order valence-corrected chi connectivity index (χ2v) is 7.01. The quantitative estimate of drug-likeness (QED) is 0.735. The minimum atomic E-state index is -0.766. The second-order valence-electron chi connectivity index (χ2n) is 5.22. The van der Waals surface area contributed by atoms with Gasteiger partial charge in [0.25, 0.3) is 0 Å². The van der Waals surface area contributed by atoms with E-state index in [1.165, 1.54) is 11.8 Å². The summed E-state index contributed by atoms with van der Waals surface area (Å²) < 4.78 is 5.08. The summed E-state index contributed by atoms with van der Waals surface area (Å²) in [7, 11) is 1.59. The minimum Gasteiger partial charge on any atom is -0.497 e. The van der Waals surface area contributed by atoms with E-state index in [-0.39, 0.29) is 17.7 Å². The number of aliphatic hydroxyl groups is 1. The molecule has 2 aromatic carbocycles. The number of halogens is 1. The van der Waals surface area contributed by atoms with Gasteiger partial charge in [-0.1, -0.05) is 35.9 Å². The van der Waals surface area contributed by atoms with Gasteiger partial charge in [0.2, 0.25) is 5.91 Å². The molecule has 1 amide bonds. The van der Waals surface area contributed by atoms with Crippen molar-refractivity contribution in [2.24, 2.45) is 0 Å². The lowest BCUT2D eigenvalue weighted by Crippen LogP contribution is -2.34. The van der Waals surface area contributed by atoms with Crippen molar-refractivity contribution in [1.29, 1.82) is 0 Å². The van der Waals surface area contributed by atoms with Gasteiger partial charge in [-0.05, 0) is 36.8 Å². The van der Waals surface area contributed by atoms with Gasteiger partial charge >= 0.3 is 0 Å². The first-order chi connectivity index (χ1) is 11.5. The van der Waals surface area contributed by atoms with Crippen LogP contribution in [0.1, 0.15) is 18.6 Å². The van der Waals surface area contributed by atoms with Gasteiger partial charge in [-0.15, -0.1) is 11.8 Å². The lowest BCUT2D eigenvalue weighted by atomic mass is 10.1. The number of methoxy groups -OCH3 is 1.